The number of rotatable bonds is 7. The van der Waals surface area contributed by atoms with Crippen molar-refractivity contribution in [2.75, 3.05) is 25.0 Å². The van der Waals surface area contributed by atoms with Crippen LogP contribution in [-0.4, -0.2) is 31.3 Å². The maximum absolute atomic E-state index is 12.2. The van der Waals surface area contributed by atoms with Crippen LogP contribution in [0.5, 0.6) is 0 Å². The van der Waals surface area contributed by atoms with Gasteiger partial charge in [-0.05, 0) is 30.2 Å². The van der Waals surface area contributed by atoms with Gasteiger partial charge in [-0.3, -0.25) is 0 Å². The summed E-state index contributed by atoms with van der Waals surface area (Å²) in [5, 5.41) is 3.30. The van der Waals surface area contributed by atoms with Gasteiger partial charge >= 0.3 is 6.18 Å². The molecule has 1 aromatic rings. The van der Waals surface area contributed by atoms with Crippen LogP contribution >= 0.6 is 0 Å². The van der Waals surface area contributed by atoms with Gasteiger partial charge in [0.25, 0.3) is 0 Å². The van der Waals surface area contributed by atoms with Crippen molar-refractivity contribution in [3.63, 3.8) is 0 Å². The van der Waals surface area contributed by atoms with Crippen molar-refractivity contribution in [2.45, 2.75) is 33.0 Å². The molecule has 1 rings (SSSR count). The summed E-state index contributed by atoms with van der Waals surface area (Å²) < 4.78 is 36.6. The molecular formula is C14H22F3N3. The molecule has 0 radical (unpaired) electrons. The van der Waals surface area contributed by atoms with E-state index in [0.29, 0.717) is 18.3 Å². The summed E-state index contributed by atoms with van der Waals surface area (Å²) in [6, 6.07) is 3.69. The van der Waals surface area contributed by atoms with E-state index in [-0.39, 0.29) is 6.54 Å². The van der Waals surface area contributed by atoms with Gasteiger partial charge in [0, 0.05) is 26.3 Å². The van der Waals surface area contributed by atoms with Crippen LogP contribution in [0.2, 0.25) is 0 Å². The molecule has 20 heavy (non-hydrogen) atoms. The number of nitrogens with one attached hydrogen (secondary N) is 1. The molecule has 1 aromatic heterocycles. The Bertz CT molecular complexity index is 405. The number of nitrogens with zero attached hydrogens (tertiary/aromatic N) is 2. The molecule has 0 aliphatic heterocycles. The van der Waals surface area contributed by atoms with Crippen molar-refractivity contribution in [3.05, 3.63) is 23.9 Å². The maximum atomic E-state index is 12.2. The van der Waals surface area contributed by atoms with Gasteiger partial charge < -0.3 is 10.2 Å². The second kappa shape index (κ2) is 7.47. The maximum Gasteiger partial charge on any atom is 0.390 e. The van der Waals surface area contributed by atoms with E-state index in [1.165, 1.54) is 4.90 Å². The van der Waals surface area contributed by atoms with Crippen LogP contribution in [0.15, 0.2) is 18.3 Å². The largest absolute Gasteiger partial charge is 0.390 e. The molecular weight excluding hydrogens is 267 g/mol. The molecule has 0 aliphatic carbocycles. The predicted molar refractivity (Wildman–Crippen MR) is 74.7 cm³/mol. The van der Waals surface area contributed by atoms with E-state index in [4.69, 9.17) is 0 Å². The zero-order chi connectivity index (χ0) is 15.2. The van der Waals surface area contributed by atoms with Crippen LogP contribution in [0.25, 0.3) is 0 Å². The molecule has 0 aliphatic rings. The second-order valence-corrected chi connectivity index (χ2v) is 5.33. The first-order chi connectivity index (χ1) is 9.28. The zero-order valence-corrected chi connectivity index (χ0v) is 12.2. The molecule has 0 saturated heterocycles. The minimum absolute atomic E-state index is 0.0840. The van der Waals surface area contributed by atoms with Gasteiger partial charge in [0.05, 0.1) is 6.42 Å². The lowest BCUT2D eigenvalue weighted by molar-refractivity contribution is -0.132. The minimum Gasteiger partial charge on any atom is -0.359 e. The SMILES string of the molecule is CC(C)CNCc1ccnc(N(C)CCC(F)(F)F)c1. The standard InChI is InChI=1S/C14H22F3N3/c1-11(2)9-18-10-12-4-6-19-13(8-12)20(3)7-5-14(15,16)17/h4,6,8,11,18H,5,7,9-10H2,1-3H3. The van der Waals surface area contributed by atoms with Gasteiger partial charge in [-0.2, -0.15) is 13.2 Å². The Morgan fingerprint density at radius 1 is 1.35 bits per heavy atom. The summed E-state index contributed by atoms with van der Waals surface area (Å²) in [5.41, 5.74) is 1.02. The van der Waals surface area contributed by atoms with E-state index in [1.807, 2.05) is 12.1 Å². The van der Waals surface area contributed by atoms with Gasteiger partial charge in [-0.25, -0.2) is 4.98 Å². The average molecular weight is 289 g/mol. The fourth-order valence-corrected chi connectivity index (χ4v) is 1.69. The van der Waals surface area contributed by atoms with Crippen LogP contribution in [0.1, 0.15) is 25.8 Å². The molecule has 0 spiro atoms. The van der Waals surface area contributed by atoms with Gasteiger partial charge in [0.15, 0.2) is 0 Å². The Labute approximate surface area is 118 Å². The Balaban J connectivity index is 2.53. The molecule has 1 N–H and O–H groups in total. The monoisotopic (exact) mass is 289 g/mol. The van der Waals surface area contributed by atoms with Crippen LogP contribution in [-0.2, 0) is 6.54 Å². The van der Waals surface area contributed by atoms with Crippen molar-refractivity contribution in [1.82, 2.24) is 10.3 Å². The highest BCUT2D eigenvalue weighted by molar-refractivity contribution is 5.39. The Morgan fingerprint density at radius 2 is 2.05 bits per heavy atom. The van der Waals surface area contributed by atoms with E-state index >= 15 is 0 Å². The number of alkyl halides is 3. The highest BCUT2D eigenvalue weighted by Gasteiger charge is 2.27. The van der Waals surface area contributed by atoms with E-state index in [9.17, 15) is 13.2 Å². The number of aromatic nitrogens is 1. The molecule has 0 fully saturated rings. The molecule has 0 bridgehead atoms. The highest BCUT2D eigenvalue weighted by Crippen LogP contribution is 2.21. The topological polar surface area (TPSA) is 28.2 Å². The van der Waals surface area contributed by atoms with Gasteiger partial charge in [-0.1, -0.05) is 13.8 Å². The van der Waals surface area contributed by atoms with Crippen molar-refractivity contribution >= 4 is 5.82 Å². The molecule has 6 heteroatoms. The Morgan fingerprint density at radius 3 is 2.65 bits per heavy atom. The smallest absolute Gasteiger partial charge is 0.359 e. The molecule has 0 unspecified atom stereocenters. The van der Waals surface area contributed by atoms with E-state index in [1.54, 1.807) is 13.2 Å². The highest BCUT2D eigenvalue weighted by atomic mass is 19.4. The summed E-state index contributed by atoms with van der Waals surface area (Å²) in [7, 11) is 1.62. The quantitative estimate of drug-likeness (QED) is 0.835. The second-order valence-electron chi connectivity index (χ2n) is 5.33. The average Bonchev–Trinajstić information content (AvgIpc) is 2.35. The lowest BCUT2D eigenvalue weighted by Crippen LogP contribution is -2.25. The number of pyridine rings is 1. The predicted octanol–water partition coefficient (Wildman–Crippen LogP) is 3.22. The molecule has 1 heterocycles. The number of anilines is 1. The van der Waals surface area contributed by atoms with Gasteiger partial charge in [0.1, 0.15) is 5.82 Å². The lowest BCUT2D eigenvalue weighted by atomic mass is 10.2. The van der Waals surface area contributed by atoms with Crippen LogP contribution in [0, 0.1) is 5.92 Å². The molecule has 0 saturated carbocycles. The van der Waals surface area contributed by atoms with Gasteiger partial charge in [-0.15, -0.1) is 0 Å². The molecule has 0 atom stereocenters. The minimum atomic E-state index is -4.13. The van der Waals surface area contributed by atoms with E-state index < -0.39 is 12.6 Å². The Kier molecular flexibility index (Phi) is 6.26. The summed E-state index contributed by atoms with van der Waals surface area (Å²) in [6.07, 6.45) is -3.34. The fraction of sp³-hybridized carbons (Fsp3) is 0.643. The molecule has 0 aromatic carbocycles. The van der Waals surface area contributed by atoms with Gasteiger partial charge in [0.2, 0.25) is 0 Å². The van der Waals surface area contributed by atoms with Crippen molar-refractivity contribution < 1.29 is 13.2 Å². The third-order valence-electron chi connectivity index (χ3n) is 2.81. The first kappa shape index (κ1) is 16.8. The van der Waals surface area contributed by atoms with Crippen molar-refractivity contribution in [1.29, 1.82) is 0 Å². The summed E-state index contributed by atoms with van der Waals surface area (Å²) in [6.45, 7) is 5.76. The number of halogens is 3. The number of hydrogen-bond acceptors (Lipinski definition) is 3. The Hall–Kier alpha value is -1.30. The summed E-state index contributed by atoms with van der Waals surface area (Å²) >= 11 is 0. The van der Waals surface area contributed by atoms with E-state index in [2.05, 4.69) is 24.1 Å². The van der Waals surface area contributed by atoms with Crippen molar-refractivity contribution in [2.24, 2.45) is 5.92 Å². The fourth-order valence-electron chi connectivity index (χ4n) is 1.69. The molecule has 0 amide bonds. The van der Waals surface area contributed by atoms with Crippen LogP contribution < -0.4 is 10.2 Å². The summed E-state index contributed by atoms with van der Waals surface area (Å²) in [5.74, 6) is 1.13. The van der Waals surface area contributed by atoms with E-state index in [0.717, 1.165) is 12.1 Å². The van der Waals surface area contributed by atoms with Crippen LogP contribution in [0.3, 0.4) is 0 Å². The zero-order valence-electron chi connectivity index (χ0n) is 12.2. The first-order valence-electron chi connectivity index (χ1n) is 6.71. The molecule has 3 nitrogen and oxygen atoms in total. The third-order valence-corrected chi connectivity index (χ3v) is 2.81. The third kappa shape index (κ3) is 6.75. The normalized spacial score (nSPS) is 11.9. The lowest BCUT2D eigenvalue weighted by Gasteiger charge is -2.19. The number of hydrogen-bond donors (Lipinski definition) is 1. The summed E-state index contributed by atoms with van der Waals surface area (Å²) in [4.78, 5) is 5.64. The first-order valence-corrected chi connectivity index (χ1v) is 6.71. The van der Waals surface area contributed by atoms with Crippen LogP contribution in [0.4, 0.5) is 19.0 Å². The van der Waals surface area contributed by atoms with Crippen molar-refractivity contribution in [3.8, 4) is 0 Å². The molecule has 114 valence electrons.